The number of aromatic nitrogens is 2. The molecule has 1 aromatic heterocycles. The van der Waals surface area contributed by atoms with E-state index in [0.29, 0.717) is 30.5 Å². The van der Waals surface area contributed by atoms with E-state index in [1.54, 1.807) is 0 Å². The van der Waals surface area contributed by atoms with E-state index in [1.807, 2.05) is 20.8 Å². The minimum Gasteiger partial charge on any atom is -0.388 e. The van der Waals surface area contributed by atoms with Gasteiger partial charge in [-0.2, -0.15) is 0 Å². The van der Waals surface area contributed by atoms with Gasteiger partial charge in [-0.15, -0.1) is 0 Å². The normalized spacial score (nSPS) is 15.6. The van der Waals surface area contributed by atoms with E-state index >= 15 is 0 Å². The lowest BCUT2D eigenvalue weighted by molar-refractivity contribution is 0.0456. The summed E-state index contributed by atoms with van der Waals surface area (Å²) in [6.07, 6.45) is 3.72. The van der Waals surface area contributed by atoms with E-state index in [9.17, 15) is 5.11 Å². The zero-order valence-corrected chi connectivity index (χ0v) is 12.6. The third kappa shape index (κ3) is 3.37. The fourth-order valence-corrected chi connectivity index (χ4v) is 2.13. The minimum absolute atomic E-state index is 0.467. The molecule has 2 N–H and O–H groups in total. The minimum atomic E-state index is -0.691. The Labute approximate surface area is 119 Å². The first-order chi connectivity index (χ1) is 8.99. The molecule has 2 rings (SSSR count). The predicted molar refractivity (Wildman–Crippen MR) is 77.8 cm³/mol. The molecular weight excluding hydrogens is 262 g/mol. The SMILES string of the molecule is CCC(O)(CC)CNc1nc(C2CC2)nc(Cl)c1C. The molecule has 0 spiro atoms. The first kappa shape index (κ1) is 14.5. The molecule has 0 bridgehead atoms. The van der Waals surface area contributed by atoms with Gasteiger partial charge in [0.25, 0.3) is 0 Å². The van der Waals surface area contributed by atoms with E-state index in [1.165, 1.54) is 0 Å². The number of rotatable bonds is 6. The van der Waals surface area contributed by atoms with E-state index in [2.05, 4.69) is 15.3 Å². The van der Waals surface area contributed by atoms with Crippen molar-refractivity contribution >= 4 is 17.4 Å². The Morgan fingerprint density at radius 2 is 1.95 bits per heavy atom. The summed E-state index contributed by atoms with van der Waals surface area (Å²) in [6.45, 7) is 6.36. The summed E-state index contributed by atoms with van der Waals surface area (Å²) >= 11 is 6.15. The zero-order valence-electron chi connectivity index (χ0n) is 11.8. The van der Waals surface area contributed by atoms with E-state index < -0.39 is 5.60 Å². The number of nitrogens with one attached hydrogen (secondary N) is 1. The molecule has 1 heterocycles. The topological polar surface area (TPSA) is 58.0 Å². The van der Waals surface area contributed by atoms with Gasteiger partial charge in [0.2, 0.25) is 0 Å². The third-order valence-corrected chi connectivity index (χ3v) is 4.32. The highest BCUT2D eigenvalue weighted by Crippen LogP contribution is 2.39. The summed E-state index contributed by atoms with van der Waals surface area (Å²) < 4.78 is 0. The Bertz CT molecular complexity index is 456. The molecule has 1 saturated carbocycles. The molecule has 0 amide bonds. The second-order valence-corrected chi connectivity index (χ2v) is 5.76. The Morgan fingerprint density at radius 1 is 1.32 bits per heavy atom. The van der Waals surface area contributed by atoms with Crippen molar-refractivity contribution in [2.24, 2.45) is 0 Å². The highest BCUT2D eigenvalue weighted by molar-refractivity contribution is 6.30. The average molecular weight is 284 g/mol. The van der Waals surface area contributed by atoms with Crippen LogP contribution in [0, 0.1) is 6.92 Å². The smallest absolute Gasteiger partial charge is 0.137 e. The van der Waals surface area contributed by atoms with Crippen LogP contribution in [-0.4, -0.2) is 27.2 Å². The van der Waals surface area contributed by atoms with Gasteiger partial charge in [0, 0.05) is 18.0 Å². The average Bonchev–Trinajstić information content (AvgIpc) is 3.24. The van der Waals surface area contributed by atoms with Crippen LogP contribution in [0.2, 0.25) is 5.15 Å². The fourth-order valence-electron chi connectivity index (χ4n) is 1.95. The Balaban J connectivity index is 2.15. The van der Waals surface area contributed by atoms with Crippen LogP contribution in [-0.2, 0) is 0 Å². The fraction of sp³-hybridized carbons (Fsp3) is 0.714. The monoisotopic (exact) mass is 283 g/mol. The van der Waals surface area contributed by atoms with E-state index in [4.69, 9.17) is 11.6 Å². The Kier molecular flexibility index (Phi) is 4.31. The highest BCUT2D eigenvalue weighted by atomic mass is 35.5. The van der Waals surface area contributed by atoms with E-state index in [-0.39, 0.29) is 0 Å². The lowest BCUT2D eigenvalue weighted by Gasteiger charge is -2.26. The summed E-state index contributed by atoms with van der Waals surface area (Å²) in [5.74, 6) is 2.05. The van der Waals surface area contributed by atoms with Crippen LogP contribution in [0.4, 0.5) is 5.82 Å². The maximum absolute atomic E-state index is 10.3. The number of nitrogens with zero attached hydrogens (tertiary/aromatic N) is 2. The lowest BCUT2D eigenvalue weighted by atomic mass is 9.97. The number of halogens is 1. The van der Waals surface area contributed by atoms with Crippen LogP contribution < -0.4 is 5.32 Å². The first-order valence-corrected chi connectivity index (χ1v) is 7.37. The maximum atomic E-state index is 10.3. The molecule has 1 aliphatic rings. The molecule has 0 aliphatic heterocycles. The van der Waals surface area contributed by atoms with Crippen LogP contribution in [0.5, 0.6) is 0 Å². The van der Waals surface area contributed by atoms with Crippen molar-refractivity contribution in [3.05, 3.63) is 16.5 Å². The van der Waals surface area contributed by atoms with Gasteiger partial charge in [0.15, 0.2) is 0 Å². The summed E-state index contributed by atoms with van der Waals surface area (Å²) in [7, 11) is 0. The standard InChI is InChI=1S/C14H22ClN3O/c1-4-14(19,5-2)8-16-12-9(3)11(15)17-13(18-12)10-6-7-10/h10,19H,4-8H2,1-3H3,(H,16,17,18). The summed E-state index contributed by atoms with van der Waals surface area (Å²) in [4.78, 5) is 8.88. The van der Waals surface area contributed by atoms with Crippen molar-refractivity contribution in [3.63, 3.8) is 0 Å². The van der Waals surface area contributed by atoms with Gasteiger partial charge in [-0.25, -0.2) is 9.97 Å². The zero-order chi connectivity index (χ0) is 14.0. The number of hydrogen-bond acceptors (Lipinski definition) is 4. The van der Waals surface area contributed by atoms with Crippen molar-refractivity contribution in [2.45, 2.75) is 58.0 Å². The molecule has 4 nitrogen and oxygen atoms in total. The van der Waals surface area contributed by atoms with Crippen molar-refractivity contribution in [2.75, 3.05) is 11.9 Å². The number of hydrogen-bond donors (Lipinski definition) is 2. The quantitative estimate of drug-likeness (QED) is 0.787. The van der Waals surface area contributed by atoms with Gasteiger partial charge in [-0.3, -0.25) is 0 Å². The summed E-state index contributed by atoms with van der Waals surface area (Å²) in [6, 6.07) is 0. The van der Waals surface area contributed by atoms with Crippen molar-refractivity contribution in [1.82, 2.24) is 9.97 Å². The molecule has 1 aliphatic carbocycles. The summed E-state index contributed by atoms with van der Waals surface area (Å²) in [5, 5.41) is 14.0. The van der Waals surface area contributed by atoms with Gasteiger partial charge in [-0.05, 0) is 32.6 Å². The van der Waals surface area contributed by atoms with Crippen molar-refractivity contribution < 1.29 is 5.11 Å². The second kappa shape index (κ2) is 5.63. The van der Waals surface area contributed by atoms with Crippen molar-refractivity contribution in [1.29, 1.82) is 0 Å². The largest absolute Gasteiger partial charge is 0.388 e. The molecular formula is C14H22ClN3O. The molecule has 106 valence electrons. The molecule has 0 saturated heterocycles. The molecule has 0 unspecified atom stereocenters. The van der Waals surface area contributed by atoms with Crippen LogP contribution in [0.1, 0.15) is 56.8 Å². The van der Waals surface area contributed by atoms with Crippen LogP contribution in [0.15, 0.2) is 0 Å². The summed E-state index contributed by atoms with van der Waals surface area (Å²) in [5.41, 5.74) is 0.157. The molecule has 1 fully saturated rings. The third-order valence-electron chi connectivity index (χ3n) is 3.95. The predicted octanol–water partition coefficient (Wildman–Crippen LogP) is 3.28. The van der Waals surface area contributed by atoms with Crippen LogP contribution >= 0.6 is 11.6 Å². The molecule has 0 radical (unpaired) electrons. The van der Waals surface area contributed by atoms with Gasteiger partial charge >= 0.3 is 0 Å². The lowest BCUT2D eigenvalue weighted by Crippen LogP contribution is -2.35. The van der Waals surface area contributed by atoms with Gasteiger partial charge in [-0.1, -0.05) is 25.4 Å². The molecule has 0 aromatic carbocycles. The highest BCUT2D eigenvalue weighted by Gasteiger charge is 2.28. The van der Waals surface area contributed by atoms with E-state index in [0.717, 1.165) is 30.0 Å². The van der Waals surface area contributed by atoms with Gasteiger partial charge in [0.05, 0.1) is 5.60 Å². The second-order valence-electron chi connectivity index (χ2n) is 5.41. The number of aliphatic hydroxyl groups is 1. The van der Waals surface area contributed by atoms with Gasteiger partial charge in [0.1, 0.15) is 16.8 Å². The Hall–Kier alpha value is -0.870. The van der Waals surface area contributed by atoms with Gasteiger partial charge < -0.3 is 10.4 Å². The van der Waals surface area contributed by atoms with Crippen LogP contribution in [0.25, 0.3) is 0 Å². The van der Waals surface area contributed by atoms with Crippen LogP contribution in [0.3, 0.4) is 0 Å². The molecule has 19 heavy (non-hydrogen) atoms. The Morgan fingerprint density at radius 3 is 2.47 bits per heavy atom. The first-order valence-electron chi connectivity index (χ1n) is 6.99. The molecule has 1 aromatic rings. The number of anilines is 1. The molecule has 0 atom stereocenters. The maximum Gasteiger partial charge on any atom is 0.137 e. The van der Waals surface area contributed by atoms with Crippen molar-refractivity contribution in [3.8, 4) is 0 Å². The molecule has 5 heteroatoms.